The summed E-state index contributed by atoms with van der Waals surface area (Å²) in [6.45, 7) is 2.78. The molecular weight excluding hydrogens is 286 g/mol. The second-order valence-electron chi connectivity index (χ2n) is 6.00. The lowest BCUT2D eigenvalue weighted by Crippen LogP contribution is -2.27. The van der Waals surface area contributed by atoms with E-state index in [0.717, 1.165) is 29.3 Å². The lowest BCUT2D eigenvalue weighted by molar-refractivity contribution is -0.117. The number of carbonyl (C=O) groups excluding carboxylic acids is 1. The van der Waals surface area contributed by atoms with E-state index in [2.05, 4.69) is 29.4 Å². The first-order valence-electron chi connectivity index (χ1n) is 8.03. The molecule has 0 spiro atoms. The predicted molar refractivity (Wildman–Crippen MR) is 91.6 cm³/mol. The maximum atomic E-state index is 12.4. The minimum absolute atomic E-state index is 0.0701. The molecule has 1 unspecified atom stereocenters. The van der Waals surface area contributed by atoms with Crippen LogP contribution in [0.4, 0.5) is 17.1 Å². The molecule has 2 aromatic rings. The highest BCUT2D eigenvalue weighted by Crippen LogP contribution is 2.34. The maximum absolute atomic E-state index is 12.4. The zero-order valence-corrected chi connectivity index (χ0v) is 13.1. The fourth-order valence-electron chi connectivity index (χ4n) is 3.15. The highest BCUT2D eigenvalue weighted by atomic mass is 16.2. The summed E-state index contributed by atoms with van der Waals surface area (Å²) in [5, 5.41) is 4.59. The van der Waals surface area contributed by atoms with Gasteiger partial charge in [-0.15, -0.1) is 0 Å². The summed E-state index contributed by atoms with van der Waals surface area (Å²) in [6, 6.07) is 16.1. The summed E-state index contributed by atoms with van der Waals surface area (Å²) in [7, 11) is 0. The maximum Gasteiger partial charge on any atom is 0.227 e. The number of amides is 1. The molecule has 1 amide bonds. The van der Waals surface area contributed by atoms with Gasteiger partial charge in [-0.2, -0.15) is 0 Å². The largest absolute Gasteiger partial charge is 0.312 e. The van der Waals surface area contributed by atoms with Crippen molar-refractivity contribution < 1.29 is 4.79 Å². The van der Waals surface area contributed by atoms with Gasteiger partial charge in [0.05, 0.1) is 11.4 Å². The lowest BCUT2D eigenvalue weighted by atomic mass is 10.1. The van der Waals surface area contributed by atoms with E-state index in [9.17, 15) is 4.79 Å². The first kappa shape index (κ1) is 14.0. The van der Waals surface area contributed by atoms with Crippen LogP contribution in [0, 0.1) is 5.92 Å². The van der Waals surface area contributed by atoms with Gasteiger partial charge in [-0.1, -0.05) is 31.2 Å². The topological polar surface area (TPSA) is 46.8 Å². The van der Waals surface area contributed by atoms with Gasteiger partial charge < -0.3 is 4.90 Å². The number of anilines is 1. The Morgan fingerprint density at radius 1 is 1.09 bits per heavy atom. The summed E-state index contributed by atoms with van der Waals surface area (Å²) in [5.41, 5.74) is 4.05. The Balaban J connectivity index is 1.53. The van der Waals surface area contributed by atoms with Crippen molar-refractivity contribution >= 4 is 28.8 Å². The van der Waals surface area contributed by atoms with E-state index in [1.54, 1.807) is 0 Å². The molecule has 1 atom stereocenters. The Bertz CT molecular complexity index is 779. The third kappa shape index (κ3) is 2.50. The fourth-order valence-corrected chi connectivity index (χ4v) is 3.15. The predicted octanol–water partition coefficient (Wildman–Crippen LogP) is 3.58. The van der Waals surface area contributed by atoms with Crippen LogP contribution in [0.3, 0.4) is 0 Å². The molecular formula is C19H18N3O. The smallest absolute Gasteiger partial charge is 0.227 e. The molecule has 0 aliphatic carbocycles. The van der Waals surface area contributed by atoms with Crippen LogP contribution >= 0.6 is 0 Å². The van der Waals surface area contributed by atoms with Crippen LogP contribution < -0.4 is 10.2 Å². The van der Waals surface area contributed by atoms with Crippen LogP contribution in [-0.4, -0.2) is 18.3 Å². The number of para-hydroxylation sites is 2. The van der Waals surface area contributed by atoms with Gasteiger partial charge in [-0.25, -0.2) is 10.3 Å². The van der Waals surface area contributed by atoms with Gasteiger partial charge in [0.15, 0.2) is 0 Å². The van der Waals surface area contributed by atoms with E-state index >= 15 is 0 Å². The third-order valence-electron chi connectivity index (χ3n) is 4.50. The molecule has 23 heavy (non-hydrogen) atoms. The SMILES string of the molecule is CCc1ccc(N2CC(C3=Nc4ccccc4[N]3)CC2=O)cc1. The molecule has 0 aromatic heterocycles. The number of amidine groups is 1. The molecule has 4 heteroatoms. The van der Waals surface area contributed by atoms with Crippen LogP contribution in [0.25, 0.3) is 0 Å². The van der Waals surface area contributed by atoms with Gasteiger partial charge >= 0.3 is 0 Å². The molecule has 0 bridgehead atoms. The Morgan fingerprint density at radius 2 is 1.83 bits per heavy atom. The number of rotatable bonds is 3. The molecule has 0 N–H and O–H groups in total. The molecule has 115 valence electrons. The monoisotopic (exact) mass is 304 g/mol. The van der Waals surface area contributed by atoms with E-state index in [4.69, 9.17) is 0 Å². The molecule has 2 aromatic carbocycles. The van der Waals surface area contributed by atoms with E-state index in [1.165, 1.54) is 5.56 Å². The van der Waals surface area contributed by atoms with Crippen LogP contribution in [0.15, 0.2) is 53.5 Å². The van der Waals surface area contributed by atoms with Crippen molar-refractivity contribution in [3.05, 3.63) is 54.1 Å². The highest BCUT2D eigenvalue weighted by molar-refractivity contribution is 6.05. The molecule has 1 fully saturated rings. The quantitative estimate of drug-likeness (QED) is 0.855. The Hall–Kier alpha value is -2.62. The fraction of sp³-hybridized carbons (Fsp3) is 0.263. The summed E-state index contributed by atoms with van der Waals surface area (Å²) in [6.07, 6.45) is 1.48. The molecule has 2 heterocycles. The van der Waals surface area contributed by atoms with Crippen molar-refractivity contribution in [1.29, 1.82) is 0 Å². The molecule has 1 saturated heterocycles. The van der Waals surface area contributed by atoms with Crippen molar-refractivity contribution in [2.45, 2.75) is 19.8 Å². The zero-order chi connectivity index (χ0) is 15.8. The van der Waals surface area contributed by atoms with Crippen LogP contribution in [-0.2, 0) is 11.2 Å². The average molecular weight is 304 g/mol. The summed E-state index contributed by atoms with van der Waals surface area (Å²) in [5.74, 6) is 1.00. The third-order valence-corrected chi connectivity index (χ3v) is 4.50. The van der Waals surface area contributed by atoms with Crippen LogP contribution in [0.2, 0.25) is 0 Å². The van der Waals surface area contributed by atoms with E-state index < -0.39 is 0 Å². The number of aliphatic imine (C=N–C) groups is 1. The number of aryl methyl sites for hydroxylation is 1. The van der Waals surface area contributed by atoms with Gasteiger partial charge in [0.2, 0.25) is 5.91 Å². The van der Waals surface area contributed by atoms with Crippen molar-refractivity contribution in [1.82, 2.24) is 5.32 Å². The van der Waals surface area contributed by atoms with Crippen molar-refractivity contribution in [3.63, 3.8) is 0 Å². The molecule has 0 saturated carbocycles. The summed E-state index contributed by atoms with van der Waals surface area (Å²) in [4.78, 5) is 18.8. The summed E-state index contributed by atoms with van der Waals surface area (Å²) >= 11 is 0. The lowest BCUT2D eigenvalue weighted by Gasteiger charge is -2.17. The summed E-state index contributed by atoms with van der Waals surface area (Å²) < 4.78 is 0. The van der Waals surface area contributed by atoms with E-state index in [1.807, 2.05) is 41.3 Å². The van der Waals surface area contributed by atoms with Gasteiger partial charge in [0.25, 0.3) is 0 Å². The Labute approximate surface area is 135 Å². The second kappa shape index (κ2) is 5.54. The number of fused-ring (bicyclic) bond motifs is 1. The van der Waals surface area contributed by atoms with Gasteiger partial charge in [0.1, 0.15) is 5.84 Å². The highest BCUT2D eigenvalue weighted by Gasteiger charge is 2.36. The van der Waals surface area contributed by atoms with Gasteiger partial charge in [0, 0.05) is 24.6 Å². The van der Waals surface area contributed by atoms with Crippen LogP contribution in [0.1, 0.15) is 18.9 Å². The molecule has 2 aliphatic heterocycles. The standard InChI is InChI=1S/C19H18N3O/c1-2-13-7-9-15(10-8-13)22-12-14(11-18(22)23)19-20-16-5-3-4-6-17(16)21-19/h3-10,14H,2,11-12H2,1H3. The molecule has 4 nitrogen and oxygen atoms in total. The average Bonchev–Trinajstić information content (AvgIpc) is 3.18. The number of benzene rings is 2. The van der Waals surface area contributed by atoms with Gasteiger partial charge in [-0.3, -0.25) is 4.79 Å². The van der Waals surface area contributed by atoms with Crippen molar-refractivity contribution in [3.8, 4) is 0 Å². The minimum Gasteiger partial charge on any atom is -0.312 e. The number of nitrogens with zero attached hydrogens (tertiary/aromatic N) is 3. The number of carbonyl (C=O) groups is 1. The van der Waals surface area contributed by atoms with Crippen molar-refractivity contribution in [2.75, 3.05) is 11.4 Å². The van der Waals surface area contributed by atoms with Gasteiger partial charge in [-0.05, 0) is 36.2 Å². The first-order chi connectivity index (χ1) is 11.2. The molecule has 1 radical (unpaired) electrons. The number of hydrogen-bond donors (Lipinski definition) is 0. The second-order valence-corrected chi connectivity index (χ2v) is 6.00. The first-order valence-corrected chi connectivity index (χ1v) is 8.03. The van der Waals surface area contributed by atoms with Crippen LogP contribution in [0.5, 0.6) is 0 Å². The molecule has 4 rings (SSSR count). The Kier molecular flexibility index (Phi) is 3.37. The van der Waals surface area contributed by atoms with E-state index in [-0.39, 0.29) is 11.8 Å². The Morgan fingerprint density at radius 3 is 2.52 bits per heavy atom. The molecule has 2 aliphatic rings. The number of hydrogen-bond acceptors (Lipinski definition) is 2. The van der Waals surface area contributed by atoms with E-state index in [0.29, 0.717) is 13.0 Å². The van der Waals surface area contributed by atoms with Crippen molar-refractivity contribution in [2.24, 2.45) is 10.9 Å². The normalized spacial score (nSPS) is 19.5. The minimum atomic E-state index is 0.0701. The zero-order valence-electron chi connectivity index (χ0n) is 13.1.